The van der Waals surface area contributed by atoms with E-state index in [4.69, 9.17) is 10.5 Å². The van der Waals surface area contributed by atoms with Gasteiger partial charge < -0.3 is 15.4 Å². The first-order chi connectivity index (χ1) is 15.6. The van der Waals surface area contributed by atoms with Gasteiger partial charge in [-0.15, -0.1) is 0 Å². The van der Waals surface area contributed by atoms with E-state index >= 15 is 0 Å². The summed E-state index contributed by atoms with van der Waals surface area (Å²) in [5.41, 5.74) is 7.60. The van der Waals surface area contributed by atoms with Crippen LogP contribution in [0.4, 0.5) is 13.2 Å². The molecule has 0 saturated carbocycles. The van der Waals surface area contributed by atoms with Crippen LogP contribution in [0.25, 0.3) is 5.82 Å². The quantitative estimate of drug-likeness (QED) is 0.605. The number of amides is 2. The van der Waals surface area contributed by atoms with Gasteiger partial charge in [-0.2, -0.15) is 13.2 Å². The Kier molecular flexibility index (Phi) is 5.52. The fourth-order valence-corrected chi connectivity index (χ4v) is 3.69. The summed E-state index contributed by atoms with van der Waals surface area (Å²) in [5, 5.41) is 0. The number of nitrogens with zero attached hydrogens (tertiary/aromatic N) is 5. The lowest BCUT2D eigenvalue weighted by Crippen LogP contribution is -2.27. The van der Waals surface area contributed by atoms with Crippen LogP contribution in [0.2, 0.25) is 0 Å². The number of ether oxygens (including phenoxy) is 1. The van der Waals surface area contributed by atoms with E-state index in [1.54, 1.807) is 30.9 Å². The summed E-state index contributed by atoms with van der Waals surface area (Å²) in [6.45, 7) is 2.13. The first-order valence-corrected chi connectivity index (χ1v) is 9.84. The molecule has 2 N–H and O–H groups in total. The predicted molar refractivity (Wildman–Crippen MR) is 109 cm³/mol. The Bertz CT molecular complexity index is 1240. The second-order valence-electron chi connectivity index (χ2n) is 7.58. The molecule has 0 aromatic carbocycles. The molecule has 172 valence electrons. The molecule has 3 aromatic rings. The maximum absolute atomic E-state index is 13.1. The maximum Gasteiger partial charge on any atom is 0.422 e. The molecule has 0 aliphatic carbocycles. The van der Waals surface area contributed by atoms with Crippen molar-refractivity contribution < 1.29 is 27.5 Å². The van der Waals surface area contributed by atoms with Gasteiger partial charge in [-0.3, -0.25) is 14.2 Å². The number of imidazole rings is 1. The number of aromatic nitrogens is 4. The number of halogens is 3. The van der Waals surface area contributed by atoms with Crippen molar-refractivity contribution in [3.05, 3.63) is 65.0 Å². The summed E-state index contributed by atoms with van der Waals surface area (Å²) in [5.74, 6) is -0.690. The molecule has 12 heteroatoms. The van der Waals surface area contributed by atoms with Crippen LogP contribution in [0.15, 0.2) is 37.1 Å². The summed E-state index contributed by atoms with van der Waals surface area (Å²) in [6, 6.07) is 2.78. The Morgan fingerprint density at radius 1 is 1.30 bits per heavy atom. The molecule has 1 aliphatic rings. The molecule has 4 heterocycles. The molecule has 1 unspecified atom stereocenters. The van der Waals surface area contributed by atoms with Crippen molar-refractivity contribution in [2.45, 2.75) is 32.6 Å². The Labute approximate surface area is 186 Å². The molecule has 0 saturated heterocycles. The molecule has 0 fully saturated rings. The molecule has 0 bridgehead atoms. The molecule has 9 nitrogen and oxygen atoms in total. The highest BCUT2D eigenvalue weighted by Crippen LogP contribution is 2.34. The van der Waals surface area contributed by atoms with Crippen molar-refractivity contribution in [2.75, 3.05) is 6.61 Å². The summed E-state index contributed by atoms with van der Waals surface area (Å²) in [4.78, 5) is 38.7. The van der Waals surface area contributed by atoms with E-state index in [1.807, 2.05) is 0 Å². The number of alkyl halides is 3. The van der Waals surface area contributed by atoms with Gasteiger partial charge in [0.15, 0.2) is 6.61 Å². The van der Waals surface area contributed by atoms with Crippen molar-refractivity contribution in [3.8, 4) is 11.7 Å². The van der Waals surface area contributed by atoms with Gasteiger partial charge in [-0.05, 0) is 31.5 Å². The summed E-state index contributed by atoms with van der Waals surface area (Å²) >= 11 is 0. The number of carbonyl (C=O) groups is 2. The second kappa shape index (κ2) is 8.19. The van der Waals surface area contributed by atoms with Gasteiger partial charge in [0.1, 0.15) is 17.8 Å². The van der Waals surface area contributed by atoms with Crippen LogP contribution in [0, 0.1) is 6.92 Å². The van der Waals surface area contributed by atoms with E-state index in [1.165, 1.54) is 29.5 Å². The third-order valence-corrected chi connectivity index (χ3v) is 5.35. The molecule has 0 spiro atoms. The van der Waals surface area contributed by atoms with E-state index in [-0.39, 0.29) is 24.0 Å². The highest BCUT2D eigenvalue weighted by Gasteiger charge is 2.35. The van der Waals surface area contributed by atoms with Crippen LogP contribution in [-0.4, -0.2) is 49.0 Å². The molecule has 2 amide bonds. The number of hydrogen-bond donors (Lipinski definition) is 1. The number of carbonyl (C=O) groups excluding carboxylic acids is 2. The molecule has 0 radical (unpaired) electrons. The Hall–Kier alpha value is -3.96. The number of aryl methyl sites for hydroxylation is 1. The zero-order chi connectivity index (χ0) is 23.9. The molecule has 4 rings (SSSR count). The highest BCUT2D eigenvalue weighted by molar-refractivity contribution is 5.99. The van der Waals surface area contributed by atoms with Crippen molar-refractivity contribution in [2.24, 2.45) is 5.73 Å². The van der Waals surface area contributed by atoms with Crippen LogP contribution < -0.4 is 10.5 Å². The standard InChI is InChI=1S/C21H19F3N6O3/c1-11-5-13(6-28-19(11)33-9-21(22,23)24)12(2)29-8-15-14(20(29)32)3-4-27-18(15)30-10-26-7-16(30)17(25)31/h3-7,10,12H,8-9H2,1-2H3,(H2,25,31). The summed E-state index contributed by atoms with van der Waals surface area (Å²) in [7, 11) is 0. The van der Waals surface area contributed by atoms with E-state index in [9.17, 15) is 22.8 Å². The van der Waals surface area contributed by atoms with Crippen LogP contribution >= 0.6 is 0 Å². The number of nitrogens with two attached hydrogens (primary N) is 1. The number of primary amides is 1. The Morgan fingerprint density at radius 3 is 2.73 bits per heavy atom. The van der Waals surface area contributed by atoms with E-state index in [0.717, 1.165) is 0 Å². The largest absolute Gasteiger partial charge is 0.468 e. The monoisotopic (exact) mass is 460 g/mol. The predicted octanol–water partition coefficient (Wildman–Crippen LogP) is 2.73. The molecular weight excluding hydrogens is 441 g/mol. The molecule has 3 aromatic heterocycles. The smallest absolute Gasteiger partial charge is 0.422 e. The number of fused-ring (bicyclic) bond motifs is 1. The minimum atomic E-state index is -4.47. The van der Waals surface area contributed by atoms with Crippen molar-refractivity contribution in [1.82, 2.24) is 24.4 Å². The molecule has 1 aliphatic heterocycles. The lowest BCUT2D eigenvalue weighted by Gasteiger charge is -2.25. The van der Waals surface area contributed by atoms with Gasteiger partial charge in [0.25, 0.3) is 11.8 Å². The fourth-order valence-electron chi connectivity index (χ4n) is 3.69. The van der Waals surface area contributed by atoms with E-state index in [0.29, 0.717) is 28.1 Å². The molecular formula is C21H19F3N6O3. The number of rotatable bonds is 6. The molecule has 33 heavy (non-hydrogen) atoms. The SMILES string of the molecule is Cc1cc(C(C)N2Cc3c(ccnc3-n3cncc3C(N)=O)C2=O)cnc1OCC(F)(F)F. The van der Waals surface area contributed by atoms with Gasteiger partial charge >= 0.3 is 6.18 Å². The topological polar surface area (TPSA) is 116 Å². The van der Waals surface area contributed by atoms with E-state index < -0.39 is 24.7 Å². The minimum absolute atomic E-state index is 0.120. The van der Waals surface area contributed by atoms with Crippen LogP contribution in [0.1, 0.15) is 50.5 Å². The Morgan fingerprint density at radius 2 is 2.06 bits per heavy atom. The first-order valence-electron chi connectivity index (χ1n) is 9.84. The van der Waals surface area contributed by atoms with Crippen molar-refractivity contribution in [1.29, 1.82) is 0 Å². The van der Waals surface area contributed by atoms with Crippen molar-refractivity contribution >= 4 is 11.8 Å². The normalized spacial score (nSPS) is 14.3. The van der Waals surface area contributed by atoms with E-state index in [2.05, 4.69) is 15.0 Å². The van der Waals surface area contributed by atoms with Crippen molar-refractivity contribution in [3.63, 3.8) is 0 Å². The zero-order valence-electron chi connectivity index (χ0n) is 17.6. The average molecular weight is 460 g/mol. The zero-order valence-corrected chi connectivity index (χ0v) is 17.6. The number of pyridine rings is 2. The van der Waals surface area contributed by atoms with Gasteiger partial charge in [0, 0.05) is 29.1 Å². The fraction of sp³-hybridized carbons (Fsp3) is 0.286. The summed E-state index contributed by atoms with van der Waals surface area (Å²) in [6.07, 6.45) is 1.09. The second-order valence-corrected chi connectivity index (χ2v) is 7.58. The third kappa shape index (κ3) is 4.23. The lowest BCUT2D eigenvalue weighted by atomic mass is 10.1. The Balaban J connectivity index is 1.61. The maximum atomic E-state index is 13.1. The average Bonchev–Trinajstić information content (AvgIpc) is 3.37. The summed E-state index contributed by atoms with van der Waals surface area (Å²) < 4.78 is 43.5. The van der Waals surface area contributed by atoms with Gasteiger partial charge in [-0.1, -0.05) is 0 Å². The van der Waals surface area contributed by atoms with Gasteiger partial charge in [0.05, 0.1) is 18.8 Å². The molecule has 1 atom stereocenters. The van der Waals surface area contributed by atoms with Gasteiger partial charge in [0.2, 0.25) is 5.88 Å². The minimum Gasteiger partial charge on any atom is -0.468 e. The lowest BCUT2D eigenvalue weighted by molar-refractivity contribution is -0.154. The number of hydrogen-bond acceptors (Lipinski definition) is 6. The first kappa shape index (κ1) is 22.2. The van der Waals surface area contributed by atoms with Gasteiger partial charge in [-0.25, -0.2) is 15.0 Å². The van der Waals surface area contributed by atoms with Crippen LogP contribution in [-0.2, 0) is 6.54 Å². The van der Waals surface area contributed by atoms with Crippen LogP contribution in [0.3, 0.4) is 0 Å². The highest BCUT2D eigenvalue weighted by atomic mass is 19.4. The third-order valence-electron chi connectivity index (χ3n) is 5.35. The van der Waals surface area contributed by atoms with Crippen LogP contribution in [0.5, 0.6) is 5.88 Å².